The summed E-state index contributed by atoms with van der Waals surface area (Å²) in [6.07, 6.45) is 0. The van der Waals surface area contributed by atoms with Crippen LogP contribution in [0.2, 0.25) is 0 Å². The third kappa shape index (κ3) is 3.54. The van der Waals surface area contributed by atoms with Gasteiger partial charge in [-0.05, 0) is 42.3 Å². The zero-order valence-electron chi connectivity index (χ0n) is 12.5. The maximum atomic E-state index is 12.4. The molecular weight excluding hydrogens is 266 g/mol. The van der Waals surface area contributed by atoms with E-state index in [1.165, 1.54) is 0 Å². The molecule has 2 rings (SSSR count). The first kappa shape index (κ1) is 14.9. The fourth-order valence-corrected chi connectivity index (χ4v) is 2.14. The number of benzene rings is 2. The summed E-state index contributed by atoms with van der Waals surface area (Å²) in [6.45, 7) is 2.32. The van der Waals surface area contributed by atoms with Crippen LogP contribution in [0.4, 0.5) is 0 Å². The fourth-order valence-electron chi connectivity index (χ4n) is 2.14. The van der Waals surface area contributed by atoms with Gasteiger partial charge in [-0.15, -0.1) is 0 Å². The Kier molecular flexibility index (Phi) is 4.48. The van der Waals surface area contributed by atoms with E-state index < -0.39 is 0 Å². The Labute approximate surface area is 124 Å². The van der Waals surface area contributed by atoms with Gasteiger partial charge in [-0.25, -0.2) is 0 Å². The van der Waals surface area contributed by atoms with Gasteiger partial charge in [-0.2, -0.15) is 0 Å². The molecule has 2 aromatic carbocycles. The Hall–Kier alpha value is -2.49. The van der Waals surface area contributed by atoms with Gasteiger partial charge < -0.3 is 14.7 Å². The number of aromatic hydroxyl groups is 1. The molecule has 0 radical (unpaired) electrons. The van der Waals surface area contributed by atoms with Gasteiger partial charge in [-0.1, -0.05) is 18.2 Å². The summed E-state index contributed by atoms with van der Waals surface area (Å²) in [5.41, 5.74) is 2.20. The maximum Gasteiger partial charge on any atom is 0.257 e. The Balaban J connectivity index is 2.15. The third-order valence-corrected chi connectivity index (χ3v) is 3.28. The quantitative estimate of drug-likeness (QED) is 0.939. The lowest BCUT2D eigenvalue weighted by Crippen LogP contribution is -2.26. The number of amides is 1. The van der Waals surface area contributed by atoms with E-state index in [-0.39, 0.29) is 11.7 Å². The van der Waals surface area contributed by atoms with Crippen LogP contribution in [0.1, 0.15) is 21.5 Å². The molecule has 0 aliphatic carbocycles. The van der Waals surface area contributed by atoms with Crippen LogP contribution >= 0.6 is 0 Å². The summed E-state index contributed by atoms with van der Waals surface area (Å²) in [5.74, 6) is 0.555. The number of aryl methyl sites for hydroxylation is 1. The number of nitrogens with zero attached hydrogens (tertiary/aromatic N) is 1. The molecule has 0 saturated carbocycles. The lowest BCUT2D eigenvalue weighted by atomic mass is 10.1. The number of phenols is 1. The number of rotatable bonds is 4. The molecule has 0 aliphatic rings. The van der Waals surface area contributed by atoms with Crippen molar-refractivity contribution < 1.29 is 14.6 Å². The molecule has 0 unspecified atom stereocenters. The van der Waals surface area contributed by atoms with Crippen molar-refractivity contribution in [2.75, 3.05) is 14.2 Å². The van der Waals surface area contributed by atoms with Gasteiger partial charge in [-0.3, -0.25) is 4.79 Å². The van der Waals surface area contributed by atoms with Gasteiger partial charge >= 0.3 is 0 Å². The van der Waals surface area contributed by atoms with Crippen LogP contribution in [-0.2, 0) is 6.54 Å². The van der Waals surface area contributed by atoms with Crippen molar-refractivity contribution >= 4 is 5.91 Å². The van der Waals surface area contributed by atoms with Gasteiger partial charge in [0.05, 0.1) is 12.7 Å². The van der Waals surface area contributed by atoms with Crippen LogP contribution in [0.5, 0.6) is 11.5 Å². The third-order valence-electron chi connectivity index (χ3n) is 3.28. The molecule has 0 aromatic heterocycles. The van der Waals surface area contributed by atoms with Crippen molar-refractivity contribution in [3.05, 3.63) is 59.2 Å². The van der Waals surface area contributed by atoms with Gasteiger partial charge in [0, 0.05) is 13.6 Å². The van der Waals surface area contributed by atoms with Gasteiger partial charge in [0.1, 0.15) is 11.5 Å². The predicted molar refractivity (Wildman–Crippen MR) is 81.6 cm³/mol. The highest BCUT2D eigenvalue weighted by Gasteiger charge is 2.16. The zero-order valence-corrected chi connectivity index (χ0v) is 12.5. The highest BCUT2D eigenvalue weighted by molar-refractivity contribution is 5.96. The Morgan fingerprint density at radius 3 is 2.67 bits per heavy atom. The van der Waals surface area contributed by atoms with Crippen LogP contribution in [0.25, 0.3) is 0 Å². The summed E-state index contributed by atoms with van der Waals surface area (Å²) in [5, 5.41) is 9.89. The van der Waals surface area contributed by atoms with Crippen LogP contribution in [0, 0.1) is 6.92 Å². The zero-order chi connectivity index (χ0) is 15.4. The van der Waals surface area contributed by atoms with Crippen molar-refractivity contribution in [2.24, 2.45) is 0 Å². The monoisotopic (exact) mass is 285 g/mol. The Morgan fingerprint density at radius 1 is 1.24 bits per heavy atom. The average Bonchev–Trinajstić information content (AvgIpc) is 2.46. The number of carbonyl (C=O) groups is 1. The average molecular weight is 285 g/mol. The second-order valence-corrected chi connectivity index (χ2v) is 5.03. The number of carbonyl (C=O) groups excluding carboxylic acids is 1. The SMILES string of the molecule is COc1cccc(CN(C)C(=O)c2ccc(C)cc2O)c1. The van der Waals surface area contributed by atoms with Crippen LogP contribution in [0.15, 0.2) is 42.5 Å². The van der Waals surface area contributed by atoms with Gasteiger partial charge in [0.2, 0.25) is 0 Å². The van der Waals surface area contributed by atoms with E-state index in [9.17, 15) is 9.90 Å². The molecule has 0 spiro atoms. The van der Waals surface area contributed by atoms with Crippen LogP contribution in [-0.4, -0.2) is 30.1 Å². The van der Waals surface area contributed by atoms with E-state index in [0.29, 0.717) is 12.1 Å². The summed E-state index contributed by atoms with van der Waals surface area (Å²) >= 11 is 0. The molecule has 21 heavy (non-hydrogen) atoms. The molecule has 1 amide bonds. The van der Waals surface area contributed by atoms with Crippen molar-refractivity contribution in [3.8, 4) is 11.5 Å². The highest BCUT2D eigenvalue weighted by Crippen LogP contribution is 2.21. The van der Waals surface area contributed by atoms with E-state index in [4.69, 9.17) is 4.74 Å². The molecule has 4 nitrogen and oxygen atoms in total. The first-order valence-corrected chi connectivity index (χ1v) is 6.69. The van der Waals surface area contributed by atoms with E-state index in [1.807, 2.05) is 37.3 Å². The minimum absolute atomic E-state index is 0.0116. The van der Waals surface area contributed by atoms with Gasteiger partial charge in [0.15, 0.2) is 0 Å². The van der Waals surface area contributed by atoms with E-state index >= 15 is 0 Å². The second-order valence-electron chi connectivity index (χ2n) is 5.03. The Bertz CT molecular complexity index is 652. The van der Waals surface area contributed by atoms with E-state index in [0.717, 1.165) is 16.9 Å². The largest absolute Gasteiger partial charge is 0.507 e. The summed E-state index contributed by atoms with van der Waals surface area (Å²) in [4.78, 5) is 13.9. The van der Waals surface area contributed by atoms with E-state index in [2.05, 4.69) is 0 Å². The molecule has 0 atom stereocenters. The number of phenolic OH excluding ortho intramolecular Hbond substituents is 1. The fraction of sp³-hybridized carbons (Fsp3) is 0.235. The van der Waals surface area contributed by atoms with Crippen molar-refractivity contribution in [2.45, 2.75) is 13.5 Å². The molecule has 0 saturated heterocycles. The van der Waals surface area contributed by atoms with Crippen LogP contribution < -0.4 is 4.74 Å². The minimum atomic E-state index is -0.213. The van der Waals surface area contributed by atoms with Crippen molar-refractivity contribution in [1.82, 2.24) is 4.90 Å². The Morgan fingerprint density at radius 2 is 2.00 bits per heavy atom. The van der Waals surface area contributed by atoms with Crippen LogP contribution in [0.3, 0.4) is 0 Å². The molecule has 0 fully saturated rings. The number of hydrogen-bond acceptors (Lipinski definition) is 3. The smallest absolute Gasteiger partial charge is 0.257 e. The van der Waals surface area contributed by atoms with E-state index in [1.54, 1.807) is 31.2 Å². The normalized spacial score (nSPS) is 10.2. The number of methoxy groups -OCH3 is 1. The lowest BCUT2D eigenvalue weighted by molar-refractivity contribution is 0.0782. The molecule has 4 heteroatoms. The van der Waals surface area contributed by atoms with Crippen molar-refractivity contribution in [3.63, 3.8) is 0 Å². The first-order chi connectivity index (χ1) is 10.0. The molecule has 1 N–H and O–H groups in total. The maximum absolute atomic E-state index is 12.4. The highest BCUT2D eigenvalue weighted by atomic mass is 16.5. The number of hydrogen-bond donors (Lipinski definition) is 1. The topological polar surface area (TPSA) is 49.8 Å². The summed E-state index contributed by atoms with van der Waals surface area (Å²) in [6, 6.07) is 12.6. The number of ether oxygens (including phenoxy) is 1. The molecule has 0 aliphatic heterocycles. The van der Waals surface area contributed by atoms with Gasteiger partial charge in [0.25, 0.3) is 5.91 Å². The lowest BCUT2D eigenvalue weighted by Gasteiger charge is -2.18. The summed E-state index contributed by atoms with van der Waals surface area (Å²) in [7, 11) is 3.32. The predicted octanol–water partition coefficient (Wildman–Crippen LogP) is 2.98. The second kappa shape index (κ2) is 6.31. The molecule has 2 aromatic rings. The van der Waals surface area contributed by atoms with Crippen molar-refractivity contribution in [1.29, 1.82) is 0 Å². The molecular formula is C17H19NO3. The molecule has 0 bridgehead atoms. The molecule has 110 valence electrons. The first-order valence-electron chi connectivity index (χ1n) is 6.69. The summed E-state index contributed by atoms with van der Waals surface area (Å²) < 4.78 is 5.17. The minimum Gasteiger partial charge on any atom is -0.507 e. The standard InChI is InChI=1S/C17H19NO3/c1-12-7-8-15(16(19)9-12)17(20)18(2)11-13-5-4-6-14(10-13)21-3/h4-10,19H,11H2,1-3H3. The molecule has 0 heterocycles.